The number of hydrogen-bond donors (Lipinski definition) is 2. The minimum absolute atomic E-state index is 0.0460. The Hall–Kier alpha value is -1.55. The van der Waals surface area contributed by atoms with Crippen LogP contribution in [-0.4, -0.2) is 35.1 Å². The van der Waals surface area contributed by atoms with Gasteiger partial charge in [0.25, 0.3) is 0 Å². The van der Waals surface area contributed by atoms with Crippen LogP contribution in [0, 0.1) is 13.8 Å². The topological polar surface area (TPSA) is 44.4 Å². The molecule has 1 aromatic carbocycles. The van der Waals surface area contributed by atoms with Crippen LogP contribution in [0.3, 0.4) is 0 Å². The molecule has 2 saturated heterocycles. The number of nitrogens with one attached hydrogen (secondary N) is 2. The van der Waals surface area contributed by atoms with Crippen molar-refractivity contribution >= 4 is 11.7 Å². The molecule has 4 heteroatoms. The molecule has 1 aromatic rings. The van der Waals surface area contributed by atoms with Gasteiger partial charge in [-0.05, 0) is 63.5 Å². The van der Waals surface area contributed by atoms with Gasteiger partial charge in [-0.25, -0.2) is 4.79 Å². The number of fused-ring (bicyclic) bond motifs is 2. The Morgan fingerprint density at radius 2 is 1.62 bits per heavy atom. The number of carbonyl (C=O) groups excluding carboxylic acids is 1. The van der Waals surface area contributed by atoms with E-state index in [0.29, 0.717) is 18.1 Å². The van der Waals surface area contributed by atoms with E-state index in [1.54, 1.807) is 0 Å². The lowest BCUT2D eigenvalue weighted by Gasteiger charge is -2.49. The van der Waals surface area contributed by atoms with Gasteiger partial charge in [-0.2, -0.15) is 0 Å². The number of benzene rings is 1. The Morgan fingerprint density at radius 1 is 1.00 bits per heavy atom. The summed E-state index contributed by atoms with van der Waals surface area (Å²) >= 11 is 0. The summed E-state index contributed by atoms with van der Waals surface area (Å²) in [5.41, 5.74) is 3.18. The van der Waals surface area contributed by atoms with E-state index < -0.39 is 0 Å². The lowest BCUT2D eigenvalue weighted by atomic mass is 9.81. The first-order valence-electron chi connectivity index (χ1n) is 9.53. The van der Waals surface area contributed by atoms with E-state index in [1.165, 1.54) is 32.1 Å². The summed E-state index contributed by atoms with van der Waals surface area (Å²) in [6.07, 6.45) is 8.99. The molecule has 24 heavy (non-hydrogen) atoms. The van der Waals surface area contributed by atoms with Crippen molar-refractivity contribution in [2.45, 2.75) is 83.0 Å². The van der Waals surface area contributed by atoms with Gasteiger partial charge in [-0.1, -0.05) is 24.6 Å². The van der Waals surface area contributed by atoms with Crippen LogP contribution < -0.4 is 10.6 Å². The first-order valence-corrected chi connectivity index (χ1v) is 9.53. The molecular weight excluding hydrogens is 298 g/mol. The monoisotopic (exact) mass is 327 g/mol. The lowest BCUT2D eigenvalue weighted by Crippen LogP contribution is -2.58. The molecule has 3 fully saturated rings. The average molecular weight is 327 g/mol. The minimum atomic E-state index is -0.0460. The second kappa shape index (κ2) is 6.40. The van der Waals surface area contributed by atoms with Crippen molar-refractivity contribution < 1.29 is 4.79 Å². The maximum atomic E-state index is 12.5. The van der Waals surface area contributed by atoms with E-state index >= 15 is 0 Å². The molecule has 4 nitrogen and oxygen atoms in total. The summed E-state index contributed by atoms with van der Waals surface area (Å²) in [5.74, 6) is 0. The number of carbonyl (C=O) groups is 1. The fraction of sp³-hybridized carbons (Fsp3) is 0.650. The number of para-hydroxylation sites is 1. The molecule has 0 aromatic heterocycles. The Bertz CT molecular complexity index is 591. The molecule has 1 aliphatic carbocycles. The molecule has 0 radical (unpaired) electrons. The van der Waals surface area contributed by atoms with Crippen LogP contribution in [-0.2, 0) is 0 Å². The molecule has 1 saturated carbocycles. The molecule has 2 aliphatic heterocycles. The Kier molecular flexibility index (Phi) is 4.25. The second-order valence-corrected chi connectivity index (χ2v) is 7.95. The molecule has 3 aliphatic rings. The fourth-order valence-corrected chi connectivity index (χ4v) is 4.85. The lowest BCUT2D eigenvalue weighted by molar-refractivity contribution is 0.0198. The third-order valence-corrected chi connectivity index (χ3v) is 6.05. The van der Waals surface area contributed by atoms with Gasteiger partial charge < -0.3 is 10.6 Å². The number of piperidine rings is 2. The van der Waals surface area contributed by atoms with E-state index in [-0.39, 0.29) is 6.03 Å². The molecule has 2 bridgehead atoms. The predicted octanol–water partition coefficient (Wildman–Crippen LogP) is 3.97. The Morgan fingerprint density at radius 3 is 2.21 bits per heavy atom. The van der Waals surface area contributed by atoms with E-state index in [1.807, 2.05) is 32.0 Å². The summed E-state index contributed by atoms with van der Waals surface area (Å²) in [6.45, 7) is 4.09. The Balaban J connectivity index is 1.38. The summed E-state index contributed by atoms with van der Waals surface area (Å²) in [7, 11) is 0. The van der Waals surface area contributed by atoms with Crippen LogP contribution in [0.25, 0.3) is 0 Å². The SMILES string of the molecule is Cc1cccc(C)c1NC(=O)NC1CC2CCCC(C1)N2C1CC1. The number of rotatable bonds is 3. The Labute approximate surface area is 145 Å². The van der Waals surface area contributed by atoms with Crippen LogP contribution in [0.1, 0.15) is 56.1 Å². The van der Waals surface area contributed by atoms with Crippen LogP contribution in [0.2, 0.25) is 0 Å². The van der Waals surface area contributed by atoms with E-state index in [2.05, 4.69) is 15.5 Å². The van der Waals surface area contributed by atoms with Crippen molar-refractivity contribution in [1.82, 2.24) is 10.2 Å². The highest BCUT2D eigenvalue weighted by atomic mass is 16.2. The van der Waals surface area contributed by atoms with Crippen molar-refractivity contribution in [3.63, 3.8) is 0 Å². The third kappa shape index (κ3) is 3.16. The van der Waals surface area contributed by atoms with Gasteiger partial charge in [-0.15, -0.1) is 0 Å². The zero-order valence-corrected chi connectivity index (χ0v) is 14.8. The molecular formula is C20H29N3O. The van der Waals surface area contributed by atoms with E-state index in [9.17, 15) is 4.79 Å². The average Bonchev–Trinajstić information content (AvgIpc) is 3.35. The number of nitrogens with zero attached hydrogens (tertiary/aromatic N) is 1. The highest BCUT2D eigenvalue weighted by Gasteiger charge is 2.45. The zero-order chi connectivity index (χ0) is 16.7. The maximum absolute atomic E-state index is 12.5. The first-order chi connectivity index (χ1) is 11.6. The van der Waals surface area contributed by atoms with Crippen LogP contribution in [0.5, 0.6) is 0 Å². The molecule has 2 N–H and O–H groups in total. The zero-order valence-electron chi connectivity index (χ0n) is 14.8. The normalized spacial score (nSPS) is 30.0. The number of urea groups is 1. The van der Waals surface area contributed by atoms with Crippen molar-refractivity contribution in [3.8, 4) is 0 Å². The van der Waals surface area contributed by atoms with Crippen molar-refractivity contribution in [2.24, 2.45) is 0 Å². The number of hydrogen-bond acceptors (Lipinski definition) is 2. The molecule has 0 spiro atoms. The van der Waals surface area contributed by atoms with Crippen molar-refractivity contribution in [3.05, 3.63) is 29.3 Å². The smallest absolute Gasteiger partial charge is 0.319 e. The fourth-order valence-electron chi connectivity index (χ4n) is 4.85. The maximum Gasteiger partial charge on any atom is 0.319 e. The van der Waals surface area contributed by atoms with E-state index in [0.717, 1.165) is 35.7 Å². The quantitative estimate of drug-likeness (QED) is 0.882. The summed E-state index contributed by atoms with van der Waals surface area (Å²) in [5, 5.41) is 6.33. The highest BCUT2D eigenvalue weighted by Crippen LogP contribution is 2.41. The molecule has 2 atom stereocenters. The number of amides is 2. The number of aryl methyl sites for hydroxylation is 2. The predicted molar refractivity (Wildman–Crippen MR) is 97.4 cm³/mol. The molecule has 2 heterocycles. The minimum Gasteiger partial charge on any atom is -0.335 e. The van der Waals surface area contributed by atoms with E-state index in [4.69, 9.17) is 0 Å². The van der Waals surface area contributed by atoms with Crippen molar-refractivity contribution in [1.29, 1.82) is 0 Å². The number of anilines is 1. The van der Waals surface area contributed by atoms with Gasteiger partial charge >= 0.3 is 6.03 Å². The highest BCUT2D eigenvalue weighted by molar-refractivity contribution is 5.91. The van der Waals surface area contributed by atoms with Crippen LogP contribution >= 0.6 is 0 Å². The molecule has 130 valence electrons. The standard InChI is InChI=1S/C20H29N3O/c1-13-5-3-6-14(2)19(13)22-20(24)21-15-11-17-7-4-8-18(12-15)23(17)16-9-10-16/h3,5-6,15-18H,4,7-12H2,1-2H3,(H2,21,22,24). The van der Waals surface area contributed by atoms with Gasteiger partial charge in [0.05, 0.1) is 0 Å². The molecule has 4 rings (SSSR count). The summed E-state index contributed by atoms with van der Waals surface area (Å²) < 4.78 is 0. The van der Waals surface area contributed by atoms with Gasteiger partial charge in [0.15, 0.2) is 0 Å². The summed E-state index contributed by atoms with van der Waals surface area (Å²) in [6, 6.07) is 8.62. The van der Waals surface area contributed by atoms with Gasteiger partial charge in [0.2, 0.25) is 0 Å². The van der Waals surface area contributed by atoms with Crippen LogP contribution in [0.15, 0.2) is 18.2 Å². The largest absolute Gasteiger partial charge is 0.335 e. The van der Waals surface area contributed by atoms with Gasteiger partial charge in [-0.3, -0.25) is 4.90 Å². The van der Waals surface area contributed by atoms with Gasteiger partial charge in [0.1, 0.15) is 0 Å². The molecule has 2 amide bonds. The second-order valence-electron chi connectivity index (χ2n) is 7.95. The van der Waals surface area contributed by atoms with Crippen LogP contribution in [0.4, 0.5) is 10.5 Å². The summed E-state index contributed by atoms with van der Waals surface area (Å²) in [4.78, 5) is 15.3. The molecule has 2 unspecified atom stereocenters. The first kappa shape index (κ1) is 15.9. The van der Waals surface area contributed by atoms with Crippen molar-refractivity contribution in [2.75, 3.05) is 5.32 Å². The third-order valence-electron chi connectivity index (χ3n) is 6.05. The van der Waals surface area contributed by atoms with Gasteiger partial charge in [0, 0.05) is 29.9 Å².